The predicted molar refractivity (Wildman–Crippen MR) is 123 cm³/mol. The zero-order valence-electron chi connectivity index (χ0n) is 18.3. The summed E-state index contributed by atoms with van der Waals surface area (Å²) in [5.74, 6) is -0.135. The number of carbonyl (C=O) groups is 3. The summed E-state index contributed by atoms with van der Waals surface area (Å²) in [6.07, 6.45) is 2.83. The molecule has 0 radical (unpaired) electrons. The topological polar surface area (TPSA) is 87.7 Å². The van der Waals surface area contributed by atoms with E-state index < -0.39 is 6.04 Å². The molecule has 2 aromatic rings. The van der Waals surface area contributed by atoms with Gasteiger partial charge in [-0.2, -0.15) is 0 Å². The molecule has 1 atom stereocenters. The highest BCUT2D eigenvalue weighted by Crippen LogP contribution is 2.23. The second-order valence-corrected chi connectivity index (χ2v) is 7.71. The van der Waals surface area contributed by atoms with Gasteiger partial charge in [-0.25, -0.2) is 0 Å². The van der Waals surface area contributed by atoms with Crippen LogP contribution in [0.15, 0.2) is 67.3 Å². The second-order valence-electron chi connectivity index (χ2n) is 7.71. The smallest absolute Gasteiger partial charge is 0.253 e. The molecule has 2 N–H and O–H groups in total. The zero-order chi connectivity index (χ0) is 22.9. The van der Waals surface area contributed by atoms with Crippen LogP contribution in [0.2, 0.25) is 0 Å². The van der Waals surface area contributed by atoms with Gasteiger partial charge in [0.1, 0.15) is 11.8 Å². The van der Waals surface area contributed by atoms with Crippen molar-refractivity contribution in [2.24, 2.45) is 5.92 Å². The number of piperidine rings is 1. The monoisotopic (exact) mass is 435 g/mol. The molecule has 1 saturated heterocycles. The summed E-state index contributed by atoms with van der Waals surface area (Å²) in [5.41, 5.74) is 1.07. The number of benzene rings is 2. The van der Waals surface area contributed by atoms with E-state index in [1.165, 1.54) is 7.11 Å². The maximum Gasteiger partial charge on any atom is 0.253 e. The number of rotatable bonds is 8. The number of methoxy groups -OCH3 is 1. The Kier molecular flexibility index (Phi) is 8.02. The van der Waals surface area contributed by atoms with Crippen LogP contribution in [-0.2, 0) is 4.79 Å². The van der Waals surface area contributed by atoms with Crippen molar-refractivity contribution >= 4 is 17.7 Å². The van der Waals surface area contributed by atoms with Crippen molar-refractivity contribution in [2.45, 2.75) is 18.9 Å². The van der Waals surface area contributed by atoms with Gasteiger partial charge in [-0.05, 0) is 49.1 Å². The van der Waals surface area contributed by atoms with Gasteiger partial charge in [0, 0.05) is 30.8 Å². The third-order valence-corrected chi connectivity index (χ3v) is 5.64. The molecule has 1 heterocycles. The average Bonchev–Trinajstić information content (AvgIpc) is 2.86. The van der Waals surface area contributed by atoms with Crippen LogP contribution in [0.5, 0.6) is 5.75 Å². The highest BCUT2D eigenvalue weighted by molar-refractivity contribution is 5.98. The molecule has 32 heavy (non-hydrogen) atoms. The fourth-order valence-electron chi connectivity index (χ4n) is 3.87. The maximum absolute atomic E-state index is 12.9. The number of hydrogen-bond acceptors (Lipinski definition) is 4. The van der Waals surface area contributed by atoms with Crippen molar-refractivity contribution in [3.63, 3.8) is 0 Å². The quantitative estimate of drug-likeness (QED) is 0.624. The van der Waals surface area contributed by atoms with E-state index in [-0.39, 0.29) is 23.6 Å². The molecular weight excluding hydrogens is 406 g/mol. The van der Waals surface area contributed by atoms with Crippen molar-refractivity contribution in [3.05, 3.63) is 78.4 Å². The first kappa shape index (κ1) is 23.1. The lowest BCUT2D eigenvalue weighted by Gasteiger charge is -2.35. The van der Waals surface area contributed by atoms with Gasteiger partial charge in [0.2, 0.25) is 5.91 Å². The Balaban J connectivity index is 1.69. The molecule has 3 rings (SSSR count). The summed E-state index contributed by atoms with van der Waals surface area (Å²) in [6, 6.07) is 15.2. The molecule has 0 spiro atoms. The number of amides is 3. The van der Waals surface area contributed by atoms with E-state index in [4.69, 9.17) is 4.74 Å². The molecule has 0 aromatic heterocycles. The van der Waals surface area contributed by atoms with Crippen LogP contribution in [0.3, 0.4) is 0 Å². The van der Waals surface area contributed by atoms with Crippen LogP contribution < -0.4 is 15.4 Å². The lowest BCUT2D eigenvalue weighted by atomic mass is 9.88. The Labute approximate surface area is 188 Å². The van der Waals surface area contributed by atoms with E-state index in [9.17, 15) is 14.4 Å². The van der Waals surface area contributed by atoms with Gasteiger partial charge in [-0.1, -0.05) is 30.3 Å². The van der Waals surface area contributed by atoms with Gasteiger partial charge >= 0.3 is 0 Å². The van der Waals surface area contributed by atoms with Crippen LogP contribution in [0.25, 0.3) is 0 Å². The fraction of sp³-hybridized carbons (Fsp3) is 0.320. The molecule has 1 aliphatic heterocycles. The van der Waals surface area contributed by atoms with E-state index in [0.29, 0.717) is 49.4 Å². The average molecular weight is 436 g/mol. The third kappa shape index (κ3) is 5.75. The molecule has 3 amide bonds. The summed E-state index contributed by atoms with van der Waals surface area (Å²) < 4.78 is 5.19. The van der Waals surface area contributed by atoms with Gasteiger partial charge in [-0.15, -0.1) is 6.58 Å². The van der Waals surface area contributed by atoms with Crippen molar-refractivity contribution in [1.82, 2.24) is 15.5 Å². The molecule has 0 saturated carbocycles. The Bertz CT molecular complexity index is 953. The highest BCUT2D eigenvalue weighted by atomic mass is 16.5. The van der Waals surface area contributed by atoms with E-state index in [0.717, 1.165) is 0 Å². The van der Waals surface area contributed by atoms with Crippen molar-refractivity contribution in [3.8, 4) is 5.75 Å². The van der Waals surface area contributed by atoms with Crippen LogP contribution in [0.1, 0.15) is 33.6 Å². The van der Waals surface area contributed by atoms with Crippen LogP contribution in [0.4, 0.5) is 0 Å². The second kappa shape index (κ2) is 11.1. The number of hydrogen-bond donors (Lipinski definition) is 2. The number of nitrogens with zero attached hydrogens (tertiary/aromatic N) is 1. The Hall–Kier alpha value is -3.61. The lowest BCUT2D eigenvalue weighted by Crippen LogP contribution is -2.53. The van der Waals surface area contributed by atoms with Gasteiger partial charge in [-0.3, -0.25) is 14.4 Å². The Morgan fingerprint density at radius 2 is 1.78 bits per heavy atom. The maximum atomic E-state index is 12.9. The molecule has 1 unspecified atom stereocenters. The molecule has 1 fully saturated rings. The molecular formula is C25H29N3O4. The molecule has 2 aromatic carbocycles. The first-order valence-corrected chi connectivity index (χ1v) is 10.7. The molecule has 0 bridgehead atoms. The predicted octanol–water partition coefficient (Wildman–Crippen LogP) is 2.65. The number of nitrogens with one attached hydrogen (secondary N) is 2. The van der Waals surface area contributed by atoms with E-state index in [1.54, 1.807) is 47.4 Å². The standard InChI is InChI=1S/C25H29N3O4/c1-3-14-26-24(30)22(27-23(29)20-10-7-11-21(17-20)32-2)18-12-15-28(16-13-18)25(31)19-8-5-4-6-9-19/h3-11,17-18,22H,1,12-16H2,2H3,(H,26,30)(H,27,29). The van der Waals surface area contributed by atoms with Crippen LogP contribution in [0, 0.1) is 5.92 Å². The molecule has 168 valence electrons. The SMILES string of the molecule is C=CCNC(=O)C(NC(=O)c1cccc(OC)c1)C1CCN(C(=O)c2ccccc2)CC1. The van der Waals surface area contributed by atoms with Crippen LogP contribution >= 0.6 is 0 Å². The third-order valence-electron chi connectivity index (χ3n) is 5.64. The molecule has 0 aliphatic carbocycles. The Morgan fingerprint density at radius 3 is 2.44 bits per heavy atom. The van der Waals surface area contributed by atoms with Crippen LogP contribution in [-0.4, -0.2) is 55.4 Å². The van der Waals surface area contributed by atoms with Gasteiger partial charge in [0.25, 0.3) is 11.8 Å². The summed E-state index contributed by atoms with van der Waals surface area (Å²) in [4.78, 5) is 40.2. The molecule has 1 aliphatic rings. The van der Waals surface area contributed by atoms with E-state index >= 15 is 0 Å². The van der Waals surface area contributed by atoms with Gasteiger partial charge < -0.3 is 20.3 Å². The first-order valence-electron chi connectivity index (χ1n) is 10.7. The summed E-state index contributed by atoms with van der Waals surface area (Å²) >= 11 is 0. The minimum Gasteiger partial charge on any atom is -0.497 e. The minimum atomic E-state index is -0.706. The number of likely N-dealkylation sites (tertiary alicyclic amines) is 1. The highest BCUT2D eigenvalue weighted by Gasteiger charge is 2.34. The Morgan fingerprint density at radius 1 is 1.09 bits per heavy atom. The minimum absolute atomic E-state index is 0.0166. The van der Waals surface area contributed by atoms with Gasteiger partial charge in [0.05, 0.1) is 7.11 Å². The van der Waals surface area contributed by atoms with E-state index in [2.05, 4.69) is 17.2 Å². The summed E-state index contributed by atoms with van der Waals surface area (Å²) in [7, 11) is 1.53. The van der Waals surface area contributed by atoms with Crippen molar-refractivity contribution < 1.29 is 19.1 Å². The number of ether oxygens (including phenoxy) is 1. The summed E-state index contributed by atoms with van der Waals surface area (Å²) in [6.45, 7) is 5.00. The normalized spacial score (nSPS) is 14.8. The number of carbonyl (C=O) groups excluding carboxylic acids is 3. The van der Waals surface area contributed by atoms with Crippen molar-refractivity contribution in [2.75, 3.05) is 26.7 Å². The molecule has 7 heteroatoms. The van der Waals surface area contributed by atoms with Gasteiger partial charge in [0.15, 0.2) is 0 Å². The summed E-state index contributed by atoms with van der Waals surface area (Å²) in [5, 5.41) is 5.69. The fourth-order valence-corrected chi connectivity index (χ4v) is 3.87. The zero-order valence-corrected chi connectivity index (χ0v) is 18.3. The first-order chi connectivity index (χ1) is 15.5. The van der Waals surface area contributed by atoms with Crippen molar-refractivity contribution in [1.29, 1.82) is 0 Å². The largest absolute Gasteiger partial charge is 0.497 e. The van der Waals surface area contributed by atoms with E-state index in [1.807, 2.05) is 18.2 Å². The molecule has 7 nitrogen and oxygen atoms in total. The lowest BCUT2D eigenvalue weighted by molar-refractivity contribution is -0.124.